The molecule has 246 valence electrons. The number of hydrogen-bond donors (Lipinski definition) is 0. The Bertz CT molecular complexity index is 2410. The van der Waals surface area contributed by atoms with Gasteiger partial charge in [-0.2, -0.15) is 5.10 Å². The van der Waals surface area contributed by atoms with Gasteiger partial charge in [-0.25, -0.2) is 9.37 Å². The Balaban J connectivity index is 1.09. The lowest BCUT2D eigenvalue weighted by atomic mass is 9.77. The van der Waals surface area contributed by atoms with Crippen molar-refractivity contribution in [2.75, 3.05) is 0 Å². The highest BCUT2D eigenvalue weighted by molar-refractivity contribution is 5.99. The molecule has 0 spiro atoms. The van der Waals surface area contributed by atoms with E-state index in [1.807, 2.05) is 48.8 Å². The van der Waals surface area contributed by atoms with Crippen molar-refractivity contribution >= 4 is 11.6 Å². The predicted octanol–water partition coefficient (Wildman–Crippen LogP) is 9.00. The number of nitrogens with zero attached hydrogens (tertiary/aromatic N) is 5. The van der Waals surface area contributed by atoms with Crippen LogP contribution in [0, 0.1) is 5.82 Å². The first-order chi connectivity index (χ1) is 25.1. The summed E-state index contributed by atoms with van der Waals surface area (Å²) in [6.07, 6.45) is 8.04. The van der Waals surface area contributed by atoms with Crippen molar-refractivity contribution in [2.24, 2.45) is 0 Å². The van der Waals surface area contributed by atoms with Crippen molar-refractivity contribution in [1.82, 2.24) is 24.1 Å². The molecule has 1 aliphatic heterocycles. The molecule has 8 aromatic rings. The van der Waals surface area contributed by atoms with Gasteiger partial charge in [-0.05, 0) is 64.2 Å². The molecular weight excluding hydrogens is 634 g/mol. The van der Waals surface area contributed by atoms with Crippen LogP contribution in [0.2, 0.25) is 0 Å². The number of imidazole rings is 1. The molecule has 0 saturated carbocycles. The zero-order valence-electron chi connectivity index (χ0n) is 27.6. The van der Waals surface area contributed by atoms with Gasteiger partial charge in [0.25, 0.3) is 5.91 Å². The Morgan fingerprint density at radius 2 is 1.27 bits per heavy atom. The fraction of sp³-hybridized carbons (Fsp3) is 0.0682. The first-order valence-electron chi connectivity index (χ1n) is 16.9. The molecule has 1 amide bonds. The highest BCUT2D eigenvalue weighted by Gasteiger charge is 2.39. The summed E-state index contributed by atoms with van der Waals surface area (Å²) in [6.45, 7) is 0.919. The van der Waals surface area contributed by atoms with Gasteiger partial charge in [0, 0.05) is 47.7 Å². The van der Waals surface area contributed by atoms with Gasteiger partial charge in [0.1, 0.15) is 17.0 Å². The molecule has 0 saturated heterocycles. The third kappa shape index (κ3) is 5.22. The maximum absolute atomic E-state index is 13.5. The largest absolute Gasteiger partial charge is 0.330 e. The SMILES string of the molecule is O=C1c2ccc(-c3cnc4ccc(-c5cnn(C(c6ccccc6)(c6ccccc6)c6ccccc6)c5)cn34)cc2CN1Cc1ccc(F)cc1. The molecule has 7 heteroatoms. The molecule has 4 heterocycles. The molecule has 6 nitrogen and oxygen atoms in total. The van der Waals surface area contributed by atoms with Crippen molar-refractivity contribution in [3.8, 4) is 22.4 Å². The van der Waals surface area contributed by atoms with Crippen LogP contribution >= 0.6 is 0 Å². The average molecular weight is 666 g/mol. The van der Waals surface area contributed by atoms with Crippen LogP contribution in [-0.2, 0) is 18.6 Å². The molecule has 5 aromatic carbocycles. The molecule has 0 radical (unpaired) electrons. The Kier molecular flexibility index (Phi) is 7.39. The van der Waals surface area contributed by atoms with Crippen LogP contribution in [0.25, 0.3) is 28.0 Å². The first kappa shape index (κ1) is 30.5. The van der Waals surface area contributed by atoms with E-state index in [4.69, 9.17) is 10.1 Å². The van der Waals surface area contributed by atoms with Crippen LogP contribution < -0.4 is 0 Å². The van der Waals surface area contributed by atoms with Gasteiger partial charge in [-0.15, -0.1) is 0 Å². The van der Waals surface area contributed by atoms with Gasteiger partial charge in [-0.1, -0.05) is 109 Å². The monoisotopic (exact) mass is 665 g/mol. The maximum atomic E-state index is 13.5. The maximum Gasteiger partial charge on any atom is 0.254 e. The van der Waals surface area contributed by atoms with Crippen LogP contribution in [0.1, 0.15) is 38.2 Å². The molecular formula is C44H32FN5O. The number of hydrogen-bond acceptors (Lipinski definition) is 3. The Morgan fingerprint density at radius 1 is 0.647 bits per heavy atom. The predicted molar refractivity (Wildman–Crippen MR) is 196 cm³/mol. The Hall–Kier alpha value is -6.60. The van der Waals surface area contributed by atoms with E-state index in [-0.39, 0.29) is 11.7 Å². The van der Waals surface area contributed by atoms with Gasteiger partial charge in [0.2, 0.25) is 0 Å². The molecule has 0 aliphatic carbocycles. The standard InChI is InChI=1S/C44H32FN5O/c45-39-20-16-31(17-21-39)27-48-28-34-24-32(18-22-40(34)43(48)51)41-26-46-42-23-19-33(29-49(41)42)35-25-47-50(30-35)44(36-10-4-1-5-11-36,37-12-6-2-7-13-37)38-14-8-3-9-15-38/h1-26,29-30H,27-28H2. The molecule has 0 bridgehead atoms. The topological polar surface area (TPSA) is 55.4 Å². The molecule has 0 N–H and O–H groups in total. The Labute approximate surface area is 294 Å². The van der Waals surface area contributed by atoms with E-state index in [1.165, 1.54) is 12.1 Å². The fourth-order valence-corrected chi connectivity index (χ4v) is 7.43. The number of halogens is 1. The molecule has 0 fully saturated rings. The van der Waals surface area contributed by atoms with E-state index in [0.29, 0.717) is 18.7 Å². The quantitative estimate of drug-likeness (QED) is 0.152. The third-order valence-electron chi connectivity index (χ3n) is 9.91. The molecule has 51 heavy (non-hydrogen) atoms. The molecule has 1 aliphatic rings. The van der Waals surface area contributed by atoms with Crippen LogP contribution in [0.15, 0.2) is 170 Å². The lowest BCUT2D eigenvalue weighted by Crippen LogP contribution is -2.38. The number of carbonyl (C=O) groups is 1. The highest BCUT2D eigenvalue weighted by Crippen LogP contribution is 2.41. The lowest BCUT2D eigenvalue weighted by Gasteiger charge is -2.36. The summed E-state index contributed by atoms with van der Waals surface area (Å²) in [7, 11) is 0. The van der Waals surface area contributed by atoms with Gasteiger partial charge < -0.3 is 4.90 Å². The minimum Gasteiger partial charge on any atom is -0.330 e. The number of benzene rings is 5. The number of amides is 1. The molecule has 0 atom stereocenters. The van der Waals surface area contributed by atoms with Crippen molar-refractivity contribution in [3.63, 3.8) is 0 Å². The average Bonchev–Trinajstić information content (AvgIpc) is 3.92. The van der Waals surface area contributed by atoms with E-state index in [9.17, 15) is 9.18 Å². The fourth-order valence-electron chi connectivity index (χ4n) is 7.43. The van der Waals surface area contributed by atoms with Gasteiger partial charge in [-0.3, -0.25) is 13.9 Å². The molecule has 3 aromatic heterocycles. The van der Waals surface area contributed by atoms with Gasteiger partial charge >= 0.3 is 0 Å². The van der Waals surface area contributed by atoms with E-state index >= 15 is 0 Å². The van der Waals surface area contributed by atoms with Crippen LogP contribution in [-0.4, -0.2) is 30.0 Å². The van der Waals surface area contributed by atoms with E-state index in [1.54, 1.807) is 17.0 Å². The lowest BCUT2D eigenvalue weighted by molar-refractivity contribution is 0.0766. The zero-order valence-corrected chi connectivity index (χ0v) is 27.6. The van der Waals surface area contributed by atoms with E-state index in [0.717, 1.165) is 55.8 Å². The summed E-state index contributed by atoms with van der Waals surface area (Å²) in [5.41, 5.74) is 9.86. The van der Waals surface area contributed by atoms with Crippen molar-refractivity contribution in [1.29, 1.82) is 0 Å². The van der Waals surface area contributed by atoms with Gasteiger partial charge in [0.15, 0.2) is 0 Å². The number of pyridine rings is 1. The van der Waals surface area contributed by atoms with E-state index in [2.05, 4.69) is 106 Å². The summed E-state index contributed by atoms with van der Waals surface area (Å²) >= 11 is 0. The summed E-state index contributed by atoms with van der Waals surface area (Å²) < 4.78 is 17.6. The van der Waals surface area contributed by atoms with Gasteiger partial charge in [0.05, 0.1) is 18.1 Å². The smallest absolute Gasteiger partial charge is 0.254 e. The second kappa shape index (κ2) is 12.4. The normalized spacial score (nSPS) is 12.8. The second-order valence-electron chi connectivity index (χ2n) is 12.9. The van der Waals surface area contributed by atoms with Crippen molar-refractivity contribution in [2.45, 2.75) is 18.6 Å². The summed E-state index contributed by atoms with van der Waals surface area (Å²) in [5.74, 6) is -0.306. The van der Waals surface area contributed by atoms with Crippen molar-refractivity contribution < 1.29 is 9.18 Å². The number of fused-ring (bicyclic) bond motifs is 2. The number of aromatic nitrogens is 4. The van der Waals surface area contributed by atoms with Crippen molar-refractivity contribution in [3.05, 3.63) is 210 Å². The highest BCUT2D eigenvalue weighted by atomic mass is 19.1. The number of carbonyl (C=O) groups excluding carboxylic acids is 1. The minimum atomic E-state index is -0.710. The molecule has 0 unspecified atom stereocenters. The third-order valence-corrected chi connectivity index (χ3v) is 9.91. The second-order valence-corrected chi connectivity index (χ2v) is 12.9. The Morgan fingerprint density at radius 3 is 1.92 bits per heavy atom. The summed E-state index contributed by atoms with van der Waals surface area (Å²) in [6, 6.07) is 47.9. The number of rotatable bonds is 8. The van der Waals surface area contributed by atoms with Crippen LogP contribution in [0.4, 0.5) is 4.39 Å². The first-order valence-corrected chi connectivity index (χ1v) is 16.9. The summed E-state index contributed by atoms with van der Waals surface area (Å²) in [4.78, 5) is 19.8. The van der Waals surface area contributed by atoms with E-state index < -0.39 is 5.54 Å². The minimum absolute atomic E-state index is 0.0177. The zero-order chi connectivity index (χ0) is 34.4. The van der Waals surface area contributed by atoms with Crippen LogP contribution in [0.5, 0.6) is 0 Å². The van der Waals surface area contributed by atoms with Crippen LogP contribution in [0.3, 0.4) is 0 Å². The molecule has 9 rings (SSSR count). The summed E-state index contributed by atoms with van der Waals surface area (Å²) in [5, 5.41) is 5.07.